The fourth-order valence-corrected chi connectivity index (χ4v) is 1.84. The van der Waals surface area contributed by atoms with Gasteiger partial charge in [-0.3, -0.25) is 4.79 Å². The van der Waals surface area contributed by atoms with Crippen molar-refractivity contribution in [1.29, 1.82) is 0 Å². The number of hydrogen-bond donors (Lipinski definition) is 0. The van der Waals surface area contributed by atoms with Crippen LogP contribution in [0.5, 0.6) is 0 Å². The van der Waals surface area contributed by atoms with Crippen LogP contribution in [-0.4, -0.2) is 11.7 Å². The van der Waals surface area contributed by atoms with Gasteiger partial charge in [0.25, 0.3) is 5.92 Å². The average molecular weight is 146 g/mol. The van der Waals surface area contributed by atoms with E-state index in [0.717, 1.165) is 0 Å². The van der Waals surface area contributed by atoms with E-state index >= 15 is 0 Å². The second-order valence-corrected chi connectivity index (χ2v) is 3.12. The van der Waals surface area contributed by atoms with Gasteiger partial charge in [-0.2, -0.15) is 0 Å². The molecule has 1 nitrogen and oxygen atoms in total. The lowest BCUT2D eigenvalue weighted by Gasteiger charge is -2.02. The minimum absolute atomic E-state index is 0.221. The minimum Gasteiger partial charge on any atom is -0.299 e. The lowest BCUT2D eigenvalue weighted by atomic mass is 10.00. The summed E-state index contributed by atoms with van der Waals surface area (Å²) in [4.78, 5) is 10.8. The number of Topliss-reactive ketones (excluding diaryl/α,β-unsaturated/α-hetero) is 1. The van der Waals surface area contributed by atoms with Crippen molar-refractivity contribution in [2.24, 2.45) is 11.8 Å². The molecule has 0 aromatic heterocycles. The molecule has 2 atom stereocenters. The highest BCUT2D eigenvalue weighted by atomic mass is 19.3. The summed E-state index contributed by atoms with van der Waals surface area (Å²) in [5.74, 6) is -4.33. The molecule has 10 heavy (non-hydrogen) atoms. The van der Waals surface area contributed by atoms with Crippen LogP contribution in [0.3, 0.4) is 0 Å². The first-order valence-electron chi connectivity index (χ1n) is 3.54. The van der Waals surface area contributed by atoms with Crippen LogP contribution in [0.4, 0.5) is 8.78 Å². The van der Waals surface area contributed by atoms with Gasteiger partial charge in [0.1, 0.15) is 5.78 Å². The zero-order valence-corrected chi connectivity index (χ0v) is 5.44. The molecule has 0 heterocycles. The van der Waals surface area contributed by atoms with Gasteiger partial charge in [-0.1, -0.05) is 0 Å². The van der Waals surface area contributed by atoms with Crippen LogP contribution in [0.2, 0.25) is 0 Å². The van der Waals surface area contributed by atoms with Crippen molar-refractivity contribution in [3.05, 3.63) is 0 Å². The zero-order valence-electron chi connectivity index (χ0n) is 5.44. The van der Waals surface area contributed by atoms with E-state index in [0.29, 0.717) is 19.3 Å². The lowest BCUT2D eigenvalue weighted by Crippen LogP contribution is -2.08. The van der Waals surface area contributed by atoms with Gasteiger partial charge >= 0.3 is 0 Å². The van der Waals surface area contributed by atoms with E-state index in [1.807, 2.05) is 0 Å². The molecular formula is C7H8F2O. The van der Waals surface area contributed by atoms with Gasteiger partial charge in [0.05, 0.1) is 5.92 Å². The molecule has 2 aliphatic carbocycles. The topological polar surface area (TPSA) is 17.1 Å². The molecule has 3 heteroatoms. The summed E-state index contributed by atoms with van der Waals surface area (Å²) in [6.07, 6.45) is 1.58. The number of hydrogen-bond acceptors (Lipinski definition) is 1. The third kappa shape index (κ3) is 0.580. The first-order valence-corrected chi connectivity index (χ1v) is 3.54. The average Bonchev–Trinajstić information content (AvgIpc) is 2.38. The van der Waals surface area contributed by atoms with E-state index in [-0.39, 0.29) is 5.78 Å². The highest BCUT2D eigenvalue weighted by molar-refractivity contribution is 5.86. The number of carbonyl (C=O) groups excluding carboxylic acids is 1. The van der Waals surface area contributed by atoms with E-state index in [9.17, 15) is 13.6 Å². The summed E-state index contributed by atoms with van der Waals surface area (Å²) in [5.41, 5.74) is 0. The maximum atomic E-state index is 12.5. The molecule has 2 fully saturated rings. The first kappa shape index (κ1) is 6.25. The van der Waals surface area contributed by atoms with Gasteiger partial charge in [0.15, 0.2) is 0 Å². The molecule has 0 bridgehead atoms. The maximum Gasteiger partial charge on any atom is 0.261 e. The van der Waals surface area contributed by atoms with Crippen LogP contribution >= 0.6 is 0 Å². The standard InChI is InChI=1S/C7H8F2O/c8-7(9)4-2-1-3-5(10)6(4)7/h4,6H,1-3H2/t4-,6+/m1/s1. The normalized spacial score (nSPS) is 42.8. The summed E-state index contributed by atoms with van der Waals surface area (Å²) >= 11 is 0. The van der Waals surface area contributed by atoms with E-state index in [2.05, 4.69) is 0 Å². The Bertz CT molecular complexity index is 188. The number of halogens is 2. The Balaban J connectivity index is 2.18. The Labute approximate surface area is 57.4 Å². The number of rotatable bonds is 0. The predicted octanol–water partition coefficient (Wildman–Crippen LogP) is 1.62. The predicted molar refractivity (Wildman–Crippen MR) is 30.8 cm³/mol. The highest BCUT2D eigenvalue weighted by Crippen LogP contribution is 2.60. The summed E-state index contributed by atoms with van der Waals surface area (Å²) in [6, 6.07) is 0. The highest BCUT2D eigenvalue weighted by Gasteiger charge is 2.71. The zero-order chi connectivity index (χ0) is 7.35. The quantitative estimate of drug-likeness (QED) is 0.507. The second-order valence-electron chi connectivity index (χ2n) is 3.12. The number of fused-ring (bicyclic) bond motifs is 1. The largest absolute Gasteiger partial charge is 0.299 e. The molecule has 56 valence electrons. The molecule has 0 amide bonds. The van der Waals surface area contributed by atoms with E-state index in [1.54, 1.807) is 0 Å². The molecule has 2 saturated carbocycles. The Morgan fingerprint density at radius 1 is 1.50 bits per heavy atom. The van der Waals surface area contributed by atoms with Crippen LogP contribution < -0.4 is 0 Å². The van der Waals surface area contributed by atoms with Crippen molar-refractivity contribution in [2.45, 2.75) is 25.2 Å². The van der Waals surface area contributed by atoms with E-state index in [4.69, 9.17) is 0 Å². The van der Waals surface area contributed by atoms with Crippen LogP contribution in [0.15, 0.2) is 0 Å². The van der Waals surface area contributed by atoms with E-state index < -0.39 is 17.8 Å². The maximum absolute atomic E-state index is 12.5. The van der Waals surface area contributed by atoms with Crippen molar-refractivity contribution >= 4 is 5.78 Å². The van der Waals surface area contributed by atoms with Crippen molar-refractivity contribution in [2.75, 3.05) is 0 Å². The van der Waals surface area contributed by atoms with Crippen molar-refractivity contribution in [3.8, 4) is 0 Å². The van der Waals surface area contributed by atoms with Gasteiger partial charge < -0.3 is 0 Å². The van der Waals surface area contributed by atoms with Crippen molar-refractivity contribution in [3.63, 3.8) is 0 Å². The van der Waals surface area contributed by atoms with E-state index in [1.165, 1.54) is 0 Å². The van der Waals surface area contributed by atoms with Crippen molar-refractivity contribution < 1.29 is 13.6 Å². The number of alkyl halides is 2. The van der Waals surface area contributed by atoms with Crippen LogP contribution in [-0.2, 0) is 4.79 Å². The van der Waals surface area contributed by atoms with Gasteiger partial charge in [0.2, 0.25) is 0 Å². The van der Waals surface area contributed by atoms with Crippen LogP contribution in [0.25, 0.3) is 0 Å². The SMILES string of the molecule is O=C1CCC[C@@H]2[C@@H]1C2(F)F. The van der Waals surface area contributed by atoms with Gasteiger partial charge in [-0.05, 0) is 12.8 Å². The van der Waals surface area contributed by atoms with Crippen molar-refractivity contribution in [1.82, 2.24) is 0 Å². The molecule has 0 radical (unpaired) electrons. The smallest absolute Gasteiger partial charge is 0.261 e. The minimum atomic E-state index is -2.63. The monoisotopic (exact) mass is 146 g/mol. The molecule has 0 aliphatic heterocycles. The van der Waals surface area contributed by atoms with Gasteiger partial charge in [-0.15, -0.1) is 0 Å². The Morgan fingerprint density at radius 2 is 2.20 bits per heavy atom. The fraction of sp³-hybridized carbons (Fsp3) is 0.857. The van der Waals surface area contributed by atoms with Crippen LogP contribution in [0, 0.1) is 11.8 Å². The molecule has 0 aromatic carbocycles. The first-order chi connectivity index (χ1) is 4.64. The molecule has 2 rings (SSSR count). The molecule has 0 saturated heterocycles. The summed E-state index contributed by atoms with van der Waals surface area (Å²) in [7, 11) is 0. The van der Waals surface area contributed by atoms with Crippen LogP contribution in [0.1, 0.15) is 19.3 Å². The molecule has 0 unspecified atom stereocenters. The van der Waals surface area contributed by atoms with Gasteiger partial charge in [-0.25, -0.2) is 8.78 Å². The lowest BCUT2D eigenvalue weighted by molar-refractivity contribution is -0.122. The third-order valence-electron chi connectivity index (χ3n) is 2.49. The summed E-state index contributed by atoms with van der Waals surface area (Å²) < 4.78 is 25.1. The molecule has 0 aromatic rings. The Kier molecular flexibility index (Phi) is 0.984. The third-order valence-corrected chi connectivity index (χ3v) is 2.49. The summed E-state index contributed by atoms with van der Waals surface area (Å²) in [6.45, 7) is 0. The fourth-order valence-electron chi connectivity index (χ4n) is 1.84. The van der Waals surface area contributed by atoms with Gasteiger partial charge in [0, 0.05) is 12.3 Å². The molecule has 0 N–H and O–H groups in total. The summed E-state index contributed by atoms with van der Waals surface area (Å²) in [5, 5.41) is 0. The number of carbonyl (C=O) groups is 1. The molecule has 2 aliphatic rings. The Hall–Kier alpha value is -0.470. The Morgan fingerprint density at radius 3 is 2.70 bits per heavy atom. The molecular weight excluding hydrogens is 138 g/mol. The second kappa shape index (κ2) is 1.57. The number of ketones is 1. The molecule has 0 spiro atoms.